The van der Waals surface area contributed by atoms with Crippen LogP contribution in [0.1, 0.15) is 34.8 Å². The average Bonchev–Trinajstić information content (AvgIpc) is 3.21. The first kappa shape index (κ1) is 22.0. The topological polar surface area (TPSA) is 120 Å². The van der Waals surface area contributed by atoms with Crippen molar-refractivity contribution in [3.63, 3.8) is 0 Å². The quantitative estimate of drug-likeness (QED) is 0.628. The predicted molar refractivity (Wildman–Crippen MR) is 110 cm³/mol. The van der Waals surface area contributed by atoms with Gasteiger partial charge in [0.2, 0.25) is 5.89 Å². The van der Waals surface area contributed by atoms with Crippen LogP contribution in [0.5, 0.6) is 5.75 Å². The van der Waals surface area contributed by atoms with Gasteiger partial charge in [0.15, 0.2) is 11.5 Å². The average molecular weight is 449 g/mol. The predicted octanol–water partition coefficient (Wildman–Crippen LogP) is 2.94. The third kappa shape index (κ3) is 4.00. The number of ether oxygens (including phenoxy) is 1. The van der Waals surface area contributed by atoms with Gasteiger partial charge in [0.1, 0.15) is 17.0 Å². The summed E-state index contributed by atoms with van der Waals surface area (Å²) in [7, 11) is 1.34. The highest BCUT2D eigenvalue weighted by Crippen LogP contribution is 2.37. The molecular formula is C21H22F3N5O3. The lowest BCUT2D eigenvalue weighted by Crippen LogP contribution is -2.43. The fraction of sp³-hybridized carbons (Fsp3) is 0.381. The van der Waals surface area contributed by atoms with E-state index in [2.05, 4.69) is 9.97 Å². The number of fused-ring (bicyclic) bond motifs is 1. The van der Waals surface area contributed by atoms with Crippen molar-refractivity contribution >= 4 is 16.8 Å². The Morgan fingerprint density at radius 2 is 1.94 bits per heavy atom. The number of hydrogen-bond donors (Lipinski definition) is 2. The fourth-order valence-corrected chi connectivity index (χ4v) is 3.73. The second-order valence-corrected chi connectivity index (χ2v) is 7.53. The zero-order chi connectivity index (χ0) is 23.0. The summed E-state index contributed by atoms with van der Waals surface area (Å²) in [5, 5.41) is 0.338. The van der Waals surface area contributed by atoms with Gasteiger partial charge in [0.05, 0.1) is 13.7 Å². The van der Waals surface area contributed by atoms with E-state index in [1.54, 1.807) is 11.0 Å². The normalized spacial score (nSPS) is 15.4. The molecule has 0 saturated carbocycles. The summed E-state index contributed by atoms with van der Waals surface area (Å²) < 4.78 is 50.5. The van der Waals surface area contributed by atoms with E-state index in [4.69, 9.17) is 20.6 Å². The van der Waals surface area contributed by atoms with Crippen LogP contribution >= 0.6 is 0 Å². The number of carbonyl (C=O) groups excluding carboxylic acids is 1. The van der Waals surface area contributed by atoms with Gasteiger partial charge in [-0.15, -0.1) is 0 Å². The highest BCUT2D eigenvalue weighted by Gasteiger charge is 2.33. The number of pyridine rings is 1. The van der Waals surface area contributed by atoms with E-state index < -0.39 is 11.9 Å². The molecule has 0 bridgehead atoms. The number of benzene rings is 1. The SMILES string of the molecule is COc1ccc(-c2nc(C(=O)N3CCC(N)CC3)c(CN)o2)c2ccc(C(F)(F)F)nc12. The molecule has 11 heteroatoms. The van der Waals surface area contributed by atoms with Crippen molar-refractivity contribution in [2.45, 2.75) is 31.6 Å². The van der Waals surface area contributed by atoms with Crippen molar-refractivity contribution < 1.29 is 27.1 Å². The summed E-state index contributed by atoms with van der Waals surface area (Å²) in [6.45, 7) is 0.940. The number of methoxy groups -OCH3 is 1. The van der Waals surface area contributed by atoms with Gasteiger partial charge in [0.25, 0.3) is 5.91 Å². The number of nitrogens with zero attached hydrogens (tertiary/aromatic N) is 3. The number of alkyl halides is 3. The number of carbonyl (C=O) groups is 1. The van der Waals surface area contributed by atoms with Crippen molar-refractivity contribution in [1.82, 2.24) is 14.9 Å². The standard InChI is InChI=1S/C21H22F3N5O3/c1-31-14-4-2-13(12-3-5-16(21(22,23)24)27-17(12)14)19-28-18(15(10-25)32-19)20(30)29-8-6-11(26)7-9-29/h2-5,11H,6-10,25-26H2,1H3. The van der Waals surface area contributed by atoms with Crippen molar-refractivity contribution in [2.75, 3.05) is 20.2 Å². The van der Waals surface area contributed by atoms with Crippen molar-refractivity contribution in [1.29, 1.82) is 0 Å². The minimum Gasteiger partial charge on any atom is -0.494 e. The molecule has 1 fully saturated rings. The Hall–Kier alpha value is -3.18. The van der Waals surface area contributed by atoms with E-state index in [1.165, 1.54) is 19.2 Å². The Bertz CT molecular complexity index is 1150. The molecule has 0 atom stereocenters. The second-order valence-electron chi connectivity index (χ2n) is 7.53. The van der Waals surface area contributed by atoms with Gasteiger partial charge >= 0.3 is 6.18 Å². The number of aromatic nitrogens is 2. The summed E-state index contributed by atoms with van der Waals surface area (Å²) in [4.78, 5) is 22.7. The molecular weight excluding hydrogens is 427 g/mol. The van der Waals surface area contributed by atoms with Gasteiger partial charge in [-0.25, -0.2) is 9.97 Å². The summed E-state index contributed by atoms with van der Waals surface area (Å²) >= 11 is 0. The largest absolute Gasteiger partial charge is 0.494 e. The Kier molecular flexibility index (Phi) is 5.78. The monoisotopic (exact) mass is 449 g/mol. The van der Waals surface area contributed by atoms with Crippen molar-refractivity contribution in [3.05, 3.63) is 41.4 Å². The molecule has 8 nitrogen and oxygen atoms in total. The maximum Gasteiger partial charge on any atom is 0.433 e. The lowest BCUT2D eigenvalue weighted by Gasteiger charge is -2.29. The first-order chi connectivity index (χ1) is 15.2. The first-order valence-electron chi connectivity index (χ1n) is 10.0. The number of halogens is 3. The zero-order valence-corrected chi connectivity index (χ0v) is 17.3. The van der Waals surface area contributed by atoms with Crippen LogP contribution in [0.4, 0.5) is 13.2 Å². The van der Waals surface area contributed by atoms with Crippen LogP contribution in [0.25, 0.3) is 22.4 Å². The molecule has 3 aromatic rings. The van der Waals surface area contributed by atoms with Crippen LogP contribution in [0.3, 0.4) is 0 Å². The van der Waals surface area contributed by atoms with Crippen molar-refractivity contribution in [3.8, 4) is 17.2 Å². The van der Waals surface area contributed by atoms with Gasteiger partial charge in [-0.05, 0) is 37.1 Å². The van der Waals surface area contributed by atoms with Crippen LogP contribution in [0, 0.1) is 0 Å². The van der Waals surface area contributed by atoms with Crippen LogP contribution in [0.2, 0.25) is 0 Å². The molecule has 0 spiro atoms. The lowest BCUT2D eigenvalue weighted by molar-refractivity contribution is -0.140. The van der Waals surface area contributed by atoms with Gasteiger partial charge in [-0.3, -0.25) is 4.79 Å². The third-order valence-electron chi connectivity index (χ3n) is 5.47. The van der Waals surface area contributed by atoms with Gasteiger partial charge in [-0.2, -0.15) is 13.2 Å². The van der Waals surface area contributed by atoms with Gasteiger partial charge < -0.3 is 25.5 Å². The minimum atomic E-state index is -4.61. The summed E-state index contributed by atoms with van der Waals surface area (Å²) in [5.41, 5.74) is 11.1. The molecule has 1 amide bonds. The number of hydrogen-bond acceptors (Lipinski definition) is 7. The van der Waals surface area contributed by atoms with Gasteiger partial charge in [-0.1, -0.05) is 0 Å². The van der Waals surface area contributed by atoms with E-state index in [9.17, 15) is 18.0 Å². The lowest BCUT2D eigenvalue weighted by atomic mass is 10.1. The van der Waals surface area contributed by atoms with E-state index in [0.717, 1.165) is 6.07 Å². The van der Waals surface area contributed by atoms with Crippen LogP contribution in [-0.4, -0.2) is 47.0 Å². The molecule has 1 aliphatic heterocycles. The fourth-order valence-electron chi connectivity index (χ4n) is 3.73. The number of amides is 1. The molecule has 1 aliphatic rings. The molecule has 2 aromatic heterocycles. The molecule has 4 N–H and O–H groups in total. The molecule has 1 saturated heterocycles. The van der Waals surface area contributed by atoms with Crippen LogP contribution in [0.15, 0.2) is 28.7 Å². The smallest absolute Gasteiger partial charge is 0.433 e. The Morgan fingerprint density at radius 3 is 2.56 bits per heavy atom. The van der Waals surface area contributed by atoms with E-state index in [1.807, 2.05) is 0 Å². The molecule has 3 heterocycles. The molecule has 0 aliphatic carbocycles. The molecule has 0 radical (unpaired) electrons. The highest BCUT2D eigenvalue weighted by atomic mass is 19.4. The minimum absolute atomic E-state index is 0.00483. The molecule has 32 heavy (non-hydrogen) atoms. The maximum absolute atomic E-state index is 13.2. The van der Waals surface area contributed by atoms with Gasteiger partial charge in [0, 0.05) is 30.1 Å². The third-order valence-corrected chi connectivity index (χ3v) is 5.47. The summed E-state index contributed by atoms with van der Waals surface area (Å²) in [5.74, 6) is 0.115. The zero-order valence-electron chi connectivity index (χ0n) is 17.3. The molecule has 0 unspecified atom stereocenters. The number of piperidine rings is 1. The molecule has 4 rings (SSSR count). The van der Waals surface area contributed by atoms with E-state index in [-0.39, 0.29) is 47.1 Å². The number of likely N-dealkylation sites (tertiary alicyclic amines) is 1. The maximum atomic E-state index is 13.2. The second kappa shape index (κ2) is 8.40. The Balaban J connectivity index is 1.78. The number of oxazole rings is 1. The summed E-state index contributed by atoms with van der Waals surface area (Å²) in [6.07, 6.45) is -3.24. The van der Waals surface area contributed by atoms with E-state index >= 15 is 0 Å². The Morgan fingerprint density at radius 1 is 1.22 bits per heavy atom. The molecule has 1 aromatic carbocycles. The molecule has 170 valence electrons. The first-order valence-corrected chi connectivity index (χ1v) is 10.0. The summed E-state index contributed by atoms with van der Waals surface area (Å²) in [6, 6.07) is 5.28. The van der Waals surface area contributed by atoms with Crippen molar-refractivity contribution in [2.24, 2.45) is 11.5 Å². The van der Waals surface area contributed by atoms with E-state index in [0.29, 0.717) is 36.9 Å². The Labute approximate surface area is 181 Å². The highest BCUT2D eigenvalue weighted by molar-refractivity contribution is 5.98. The van der Waals surface area contributed by atoms with Crippen LogP contribution < -0.4 is 16.2 Å². The number of rotatable bonds is 4. The number of nitrogens with two attached hydrogens (primary N) is 2. The van der Waals surface area contributed by atoms with Crippen LogP contribution in [-0.2, 0) is 12.7 Å².